The molecule has 2 N–H and O–H groups in total. The van der Waals surface area contributed by atoms with Crippen molar-refractivity contribution in [2.24, 2.45) is 9.98 Å². The zero-order valence-corrected chi connectivity index (χ0v) is 21.2. The molecule has 10 heteroatoms. The minimum absolute atomic E-state index is 0.365. The zero-order valence-electron chi connectivity index (χ0n) is 20.4. The van der Waals surface area contributed by atoms with Crippen molar-refractivity contribution in [3.8, 4) is 5.75 Å². The Bertz CT molecular complexity index is 916. The van der Waals surface area contributed by atoms with Crippen molar-refractivity contribution in [2.75, 3.05) is 44.3 Å². The maximum atomic E-state index is 13.0. The largest absolute Gasteiger partial charge is 0.495 e. The van der Waals surface area contributed by atoms with Crippen LogP contribution in [0.25, 0.3) is 0 Å². The number of thioether (sulfide) groups is 1. The van der Waals surface area contributed by atoms with Gasteiger partial charge in [-0.2, -0.15) is 0 Å². The van der Waals surface area contributed by atoms with Crippen molar-refractivity contribution in [3.63, 3.8) is 0 Å². The van der Waals surface area contributed by atoms with Gasteiger partial charge in [0.2, 0.25) is 0 Å². The number of amidine groups is 1. The van der Waals surface area contributed by atoms with Crippen LogP contribution in [0, 0.1) is 0 Å². The van der Waals surface area contributed by atoms with E-state index in [-0.39, 0.29) is 0 Å². The smallest absolute Gasteiger partial charge is 0.414 e. The molecule has 0 spiro atoms. The van der Waals surface area contributed by atoms with Crippen LogP contribution in [0.5, 0.6) is 5.75 Å². The van der Waals surface area contributed by atoms with Gasteiger partial charge in [0.05, 0.1) is 18.7 Å². The molecule has 0 aliphatic carbocycles. The minimum atomic E-state index is -0.916. The van der Waals surface area contributed by atoms with E-state index < -0.39 is 17.1 Å². The fourth-order valence-corrected chi connectivity index (χ4v) is 3.85. The molecule has 33 heavy (non-hydrogen) atoms. The Balaban J connectivity index is 2.38. The molecule has 1 aromatic rings. The molecule has 0 fully saturated rings. The third-order valence-electron chi connectivity index (χ3n) is 5.07. The number of methoxy groups -OCH3 is 1. The van der Waals surface area contributed by atoms with Crippen molar-refractivity contribution in [3.05, 3.63) is 35.5 Å². The lowest BCUT2D eigenvalue weighted by Gasteiger charge is -2.43. The van der Waals surface area contributed by atoms with Crippen molar-refractivity contribution in [1.82, 2.24) is 10.6 Å². The SMILES string of the molecule is [B]C1(NC/C(=C/N=C)C(=NC)NCSC)CCN(C(=O)OC(C)(C)C)c2c(OC)cccc21. The third-order valence-corrected chi connectivity index (χ3v) is 5.50. The molecule has 1 aromatic carbocycles. The Hall–Kier alpha value is -2.46. The summed E-state index contributed by atoms with van der Waals surface area (Å²) in [4.78, 5) is 22.8. The van der Waals surface area contributed by atoms with E-state index in [0.29, 0.717) is 42.7 Å². The Morgan fingerprint density at radius 1 is 1.42 bits per heavy atom. The maximum absolute atomic E-state index is 13.0. The van der Waals surface area contributed by atoms with Crippen molar-refractivity contribution < 1.29 is 14.3 Å². The van der Waals surface area contributed by atoms with E-state index in [1.165, 1.54) is 0 Å². The lowest BCUT2D eigenvalue weighted by molar-refractivity contribution is 0.0573. The minimum Gasteiger partial charge on any atom is -0.495 e. The molecule has 1 unspecified atom stereocenters. The number of nitrogens with zero attached hydrogens (tertiary/aromatic N) is 3. The molecule has 0 saturated heterocycles. The fraction of sp³-hybridized carbons (Fsp3) is 0.522. The third kappa shape index (κ3) is 6.77. The number of para-hydroxylation sites is 1. The predicted octanol–water partition coefficient (Wildman–Crippen LogP) is 3.27. The van der Waals surface area contributed by atoms with E-state index >= 15 is 0 Å². The van der Waals surface area contributed by atoms with E-state index in [4.69, 9.17) is 17.3 Å². The molecule has 2 radical (unpaired) electrons. The van der Waals surface area contributed by atoms with Crippen LogP contribution in [0.3, 0.4) is 0 Å². The van der Waals surface area contributed by atoms with Crippen LogP contribution in [0.1, 0.15) is 32.8 Å². The number of amides is 1. The highest BCUT2D eigenvalue weighted by Gasteiger charge is 2.39. The van der Waals surface area contributed by atoms with Crippen LogP contribution in [0.2, 0.25) is 0 Å². The van der Waals surface area contributed by atoms with E-state index in [0.717, 1.165) is 11.1 Å². The first-order valence-electron chi connectivity index (χ1n) is 10.7. The second-order valence-electron chi connectivity index (χ2n) is 8.58. The normalized spacial score (nSPS) is 19.0. The maximum Gasteiger partial charge on any atom is 0.414 e. The molecule has 1 aliphatic heterocycles. The van der Waals surface area contributed by atoms with E-state index in [1.54, 1.807) is 37.0 Å². The number of hydrogen-bond acceptors (Lipinski definition) is 7. The Morgan fingerprint density at radius 2 is 2.15 bits per heavy atom. The molecular formula is C23H34BN5O3S. The summed E-state index contributed by atoms with van der Waals surface area (Å²) in [6.07, 6.45) is 3.70. The standard InChI is InChI=1S/C23H34BN5O3S/c1-22(2,3)32-21(30)29-12-11-23(24,17-9-8-10-18(31-6)19(17)29)28-14-16(13-25-4)20(26-5)27-15-33-7/h8-10,13,28H,4,11-12,14-15H2,1-3,5-7H3,(H,26,27)/b16-13-. The van der Waals surface area contributed by atoms with E-state index in [1.807, 2.05) is 45.2 Å². The van der Waals surface area contributed by atoms with Gasteiger partial charge in [-0.05, 0) is 51.8 Å². The second-order valence-corrected chi connectivity index (χ2v) is 9.45. The van der Waals surface area contributed by atoms with Gasteiger partial charge in [-0.1, -0.05) is 12.1 Å². The van der Waals surface area contributed by atoms with Gasteiger partial charge in [-0.15, -0.1) is 11.8 Å². The van der Waals surface area contributed by atoms with Gasteiger partial charge in [0.1, 0.15) is 25.0 Å². The lowest BCUT2D eigenvalue weighted by Crippen LogP contribution is -2.53. The average molecular weight is 471 g/mol. The van der Waals surface area contributed by atoms with Crippen LogP contribution in [-0.2, 0) is 10.2 Å². The van der Waals surface area contributed by atoms with Crippen LogP contribution in [-0.4, -0.2) is 71.5 Å². The number of ether oxygens (including phenoxy) is 2. The molecule has 0 bridgehead atoms. The van der Waals surface area contributed by atoms with Gasteiger partial charge in [-0.25, -0.2) is 4.79 Å². The fourth-order valence-electron chi connectivity index (χ4n) is 3.57. The van der Waals surface area contributed by atoms with Gasteiger partial charge < -0.3 is 20.1 Å². The molecule has 1 aliphatic rings. The number of hydrogen-bond donors (Lipinski definition) is 2. The first-order valence-corrected chi connectivity index (χ1v) is 12.1. The first kappa shape index (κ1) is 26.8. The Kier molecular flexibility index (Phi) is 9.42. The molecule has 2 rings (SSSR count). The van der Waals surface area contributed by atoms with Crippen LogP contribution in [0.4, 0.5) is 10.5 Å². The van der Waals surface area contributed by atoms with Gasteiger partial charge in [0, 0.05) is 37.3 Å². The average Bonchev–Trinajstić information content (AvgIpc) is 2.76. The number of carbonyl (C=O) groups excluding carboxylic acids is 1. The second kappa shape index (κ2) is 11.6. The van der Waals surface area contributed by atoms with Crippen molar-refractivity contribution in [1.29, 1.82) is 0 Å². The van der Waals surface area contributed by atoms with Crippen LogP contribution in [0.15, 0.2) is 40.0 Å². The first-order chi connectivity index (χ1) is 15.6. The summed E-state index contributed by atoms with van der Waals surface area (Å²) in [5.74, 6) is 1.97. The number of fused-ring (bicyclic) bond motifs is 1. The Morgan fingerprint density at radius 3 is 2.73 bits per heavy atom. The summed E-state index contributed by atoms with van der Waals surface area (Å²) in [7, 11) is 10.2. The van der Waals surface area contributed by atoms with Gasteiger partial charge in [0.15, 0.2) is 0 Å². The molecule has 0 saturated carbocycles. The Labute approximate surface area is 202 Å². The number of benzene rings is 1. The van der Waals surface area contributed by atoms with Crippen LogP contribution < -0.4 is 20.3 Å². The van der Waals surface area contributed by atoms with Gasteiger partial charge in [-0.3, -0.25) is 14.9 Å². The molecule has 178 valence electrons. The molecule has 1 heterocycles. The molecule has 8 nitrogen and oxygen atoms in total. The van der Waals surface area contributed by atoms with Crippen molar-refractivity contribution in [2.45, 2.75) is 38.2 Å². The van der Waals surface area contributed by atoms with E-state index in [2.05, 4.69) is 27.3 Å². The summed E-state index contributed by atoms with van der Waals surface area (Å²) in [6.45, 7) is 9.86. The molecule has 1 atom stereocenters. The number of rotatable bonds is 8. The number of aliphatic imine (C=N–C) groups is 2. The summed E-state index contributed by atoms with van der Waals surface area (Å²) >= 11 is 1.65. The van der Waals surface area contributed by atoms with Crippen molar-refractivity contribution >= 4 is 43.9 Å². The summed E-state index contributed by atoms with van der Waals surface area (Å²) in [6, 6.07) is 5.57. The number of anilines is 1. The number of carbonyl (C=O) groups is 1. The topological polar surface area (TPSA) is 87.6 Å². The highest BCUT2D eigenvalue weighted by molar-refractivity contribution is 7.98. The molecule has 1 amide bonds. The molecular weight excluding hydrogens is 437 g/mol. The summed E-state index contributed by atoms with van der Waals surface area (Å²) in [5, 5.41) is 6.72. The van der Waals surface area contributed by atoms with Gasteiger partial charge >= 0.3 is 6.09 Å². The monoisotopic (exact) mass is 471 g/mol. The predicted molar refractivity (Wildman–Crippen MR) is 139 cm³/mol. The highest BCUT2D eigenvalue weighted by Crippen LogP contribution is 2.43. The van der Waals surface area contributed by atoms with Gasteiger partial charge in [0.25, 0.3) is 0 Å². The lowest BCUT2D eigenvalue weighted by atomic mass is 9.67. The quantitative estimate of drug-likeness (QED) is 0.262. The molecule has 0 aromatic heterocycles. The summed E-state index contributed by atoms with van der Waals surface area (Å²) in [5.41, 5.74) is 0.641. The van der Waals surface area contributed by atoms with E-state index in [9.17, 15) is 4.79 Å². The highest BCUT2D eigenvalue weighted by atomic mass is 32.2. The number of nitrogens with one attached hydrogen (secondary N) is 2. The summed E-state index contributed by atoms with van der Waals surface area (Å²) < 4.78 is 11.2. The van der Waals surface area contributed by atoms with Crippen LogP contribution >= 0.6 is 11.8 Å². The zero-order chi connectivity index (χ0) is 24.6.